The predicted molar refractivity (Wildman–Crippen MR) is 79.9 cm³/mol. The average molecular weight is 292 g/mol. The molecule has 1 saturated heterocycles. The van der Waals surface area contributed by atoms with Crippen LogP contribution in [0.1, 0.15) is 33.1 Å². The Hall–Kier alpha value is -2.15. The number of hydrogen-bond acceptors (Lipinski definition) is 4. The summed E-state index contributed by atoms with van der Waals surface area (Å²) < 4.78 is 0. The number of nitrogens with one attached hydrogen (secondary N) is 2. The number of urea groups is 1. The van der Waals surface area contributed by atoms with Gasteiger partial charge in [-0.1, -0.05) is 6.42 Å². The standard InChI is InChI=1S/C14H20N4O3/c1-10-4-3-5-11(2)17(10)16-14(19)15-12-6-8-13(9-7-12)18(20)21/h6-11H,3-5H2,1-2H3,(H2,15,16,19)/t10-,11-/m1/s1. The fraction of sp³-hybridized carbons (Fsp3) is 0.500. The van der Waals surface area contributed by atoms with E-state index in [1.54, 1.807) is 0 Å². The molecule has 1 aliphatic rings. The minimum absolute atomic E-state index is 0.000710. The van der Waals surface area contributed by atoms with Gasteiger partial charge < -0.3 is 5.32 Å². The molecule has 1 aromatic rings. The van der Waals surface area contributed by atoms with E-state index >= 15 is 0 Å². The van der Waals surface area contributed by atoms with Crippen molar-refractivity contribution in [3.63, 3.8) is 0 Å². The molecule has 0 radical (unpaired) electrons. The highest BCUT2D eigenvalue weighted by Gasteiger charge is 2.26. The number of hydrogen-bond donors (Lipinski definition) is 2. The number of benzene rings is 1. The number of nitro benzene ring substituents is 1. The Morgan fingerprint density at radius 3 is 2.33 bits per heavy atom. The summed E-state index contributed by atoms with van der Waals surface area (Å²) >= 11 is 0. The minimum Gasteiger partial charge on any atom is -0.307 e. The Balaban J connectivity index is 1.93. The molecule has 2 rings (SSSR count). The first-order valence-corrected chi connectivity index (χ1v) is 7.08. The number of nitrogens with zero attached hydrogens (tertiary/aromatic N) is 2. The third kappa shape index (κ3) is 3.91. The summed E-state index contributed by atoms with van der Waals surface area (Å²) in [4.78, 5) is 22.1. The average Bonchev–Trinajstić information content (AvgIpc) is 2.43. The van der Waals surface area contributed by atoms with Crippen LogP contribution in [0.5, 0.6) is 0 Å². The van der Waals surface area contributed by atoms with E-state index in [1.165, 1.54) is 30.7 Å². The Bertz CT molecular complexity index is 507. The summed E-state index contributed by atoms with van der Waals surface area (Å²) in [6.07, 6.45) is 3.29. The highest BCUT2D eigenvalue weighted by molar-refractivity contribution is 5.89. The van der Waals surface area contributed by atoms with Crippen LogP contribution in [0.25, 0.3) is 0 Å². The van der Waals surface area contributed by atoms with E-state index in [0.29, 0.717) is 17.8 Å². The molecular formula is C14H20N4O3. The fourth-order valence-electron chi connectivity index (χ4n) is 2.58. The van der Waals surface area contributed by atoms with Crippen LogP contribution in [0, 0.1) is 10.1 Å². The molecule has 0 spiro atoms. The number of rotatable bonds is 3. The zero-order valence-corrected chi connectivity index (χ0v) is 12.2. The molecule has 1 heterocycles. The monoisotopic (exact) mass is 292 g/mol. The van der Waals surface area contributed by atoms with Gasteiger partial charge in [0.15, 0.2) is 0 Å². The zero-order valence-electron chi connectivity index (χ0n) is 12.2. The van der Waals surface area contributed by atoms with Gasteiger partial charge in [-0.05, 0) is 38.8 Å². The summed E-state index contributed by atoms with van der Waals surface area (Å²) in [6.45, 7) is 4.17. The fourth-order valence-corrected chi connectivity index (χ4v) is 2.58. The lowest BCUT2D eigenvalue weighted by molar-refractivity contribution is -0.384. The summed E-state index contributed by atoms with van der Waals surface area (Å²) in [6, 6.07) is 6.03. The number of non-ortho nitro benzene ring substituents is 1. The van der Waals surface area contributed by atoms with Crippen LogP contribution in [0.15, 0.2) is 24.3 Å². The minimum atomic E-state index is -0.471. The van der Waals surface area contributed by atoms with Crippen LogP contribution in [0.2, 0.25) is 0 Å². The van der Waals surface area contributed by atoms with E-state index in [9.17, 15) is 14.9 Å². The molecule has 7 heteroatoms. The molecule has 2 N–H and O–H groups in total. The van der Waals surface area contributed by atoms with Crippen molar-refractivity contribution in [3.8, 4) is 0 Å². The second-order valence-corrected chi connectivity index (χ2v) is 5.41. The second-order valence-electron chi connectivity index (χ2n) is 5.41. The van der Waals surface area contributed by atoms with Crippen molar-refractivity contribution in [2.75, 3.05) is 5.32 Å². The van der Waals surface area contributed by atoms with Gasteiger partial charge in [0.2, 0.25) is 0 Å². The smallest absolute Gasteiger partial charge is 0.307 e. The number of anilines is 1. The lowest BCUT2D eigenvalue weighted by atomic mass is 10.00. The first-order chi connectivity index (χ1) is 9.97. The van der Waals surface area contributed by atoms with Crippen molar-refractivity contribution in [1.29, 1.82) is 0 Å². The van der Waals surface area contributed by atoms with Gasteiger partial charge in [0, 0.05) is 29.9 Å². The molecule has 0 unspecified atom stereocenters. The number of amides is 2. The van der Waals surface area contributed by atoms with E-state index in [1.807, 2.05) is 5.01 Å². The summed E-state index contributed by atoms with van der Waals surface area (Å²) in [7, 11) is 0. The molecule has 1 aromatic carbocycles. The maximum absolute atomic E-state index is 12.0. The van der Waals surface area contributed by atoms with E-state index < -0.39 is 4.92 Å². The van der Waals surface area contributed by atoms with Crippen molar-refractivity contribution in [2.24, 2.45) is 0 Å². The second kappa shape index (κ2) is 6.53. The van der Waals surface area contributed by atoms with Crippen LogP contribution in [0.4, 0.5) is 16.2 Å². The Kier molecular flexibility index (Phi) is 4.74. The van der Waals surface area contributed by atoms with E-state index in [4.69, 9.17) is 0 Å². The maximum atomic E-state index is 12.0. The number of carbonyl (C=O) groups is 1. The predicted octanol–water partition coefficient (Wildman–Crippen LogP) is 2.89. The Morgan fingerprint density at radius 1 is 1.24 bits per heavy atom. The van der Waals surface area contributed by atoms with Gasteiger partial charge in [0.25, 0.3) is 5.69 Å². The lowest BCUT2D eigenvalue weighted by Gasteiger charge is -2.38. The summed E-state index contributed by atoms with van der Waals surface area (Å²) in [5, 5.41) is 15.2. The quantitative estimate of drug-likeness (QED) is 0.662. The molecule has 2 amide bonds. The highest BCUT2D eigenvalue weighted by Crippen LogP contribution is 2.20. The number of nitro groups is 1. The van der Waals surface area contributed by atoms with Gasteiger partial charge in [-0.15, -0.1) is 0 Å². The van der Waals surface area contributed by atoms with Gasteiger partial charge in [0.05, 0.1) is 4.92 Å². The van der Waals surface area contributed by atoms with Crippen molar-refractivity contribution in [2.45, 2.75) is 45.2 Å². The lowest BCUT2D eigenvalue weighted by Crippen LogP contribution is -2.55. The van der Waals surface area contributed by atoms with Crippen molar-refractivity contribution in [3.05, 3.63) is 34.4 Å². The van der Waals surface area contributed by atoms with E-state index in [0.717, 1.165) is 12.8 Å². The van der Waals surface area contributed by atoms with Gasteiger partial charge in [0.1, 0.15) is 0 Å². The summed E-state index contributed by atoms with van der Waals surface area (Å²) in [5.41, 5.74) is 3.38. The van der Waals surface area contributed by atoms with Crippen LogP contribution in [0.3, 0.4) is 0 Å². The van der Waals surface area contributed by atoms with E-state index in [-0.39, 0.29) is 11.7 Å². The third-order valence-corrected chi connectivity index (χ3v) is 3.76. The molecular weight excluding hydrogens is 272 g/mol. The molecule has 0 bridgehead atoms. The number of carbonyl (C=O) groups excluding carboxylic acids is 1. The van der Waals surface area contributed by atoms with Crippen molar-refractivity contribution < 1.29 is 9.72 Å². The SMILES string of the molecule is C[C@@H]1CCC[C@@H](C)N1NC(=O)Nc1ccc([N+](=O)[O-])cc1. The number of hydrazine groups is 1. The summed E-state index contributed by atoms with van der Waals surface area (Å²) in [5.74, 6) is 0. The van der Waals surface area contributed by atoms with Crippen LogP contribution >= 0.6 is 0 Å². The first-order valence-electron chi connectivity index (χ1n) is 7.08. The topological polar surface area (TPSA) is 87.5 Å². The molecule has 7 nitrogen and oxygen atoms in total. The van der Waals surface area contributed by atoms with Crippen LogP contribution in [-0.4, -0.2) is 28.0 Å². The molecule has 2 atom stereocenters. The molecule has 1 aliphatic heterocycles. The molecule has 114 valence electrons. The highest BCUT2D eigenvalue weighted by atomic mass is 16.6. The van der Waals surface area contributed by atoms with E-state index in [2.05, 4.69) is 24.6 Å². The normalized spacial score (nSPS) is 22.6. The van der Waals surface area contributed by atoms with Crippen molar-refractivity contribution in [1.82, 2.24) is 10.4 Å². The molecule has 1 fully saturated rings. The van der Waals surface area contributed by atoms with Crippen LogP contribution in [-0.2, 0) is 0 Å². The zero-order chi connectivity index (χ0) is 15.4. The maximum Gasteiger partial charge on any atom is 0.333 e. The Labute approximate surface area is 123 Å². The third-order valence-electron chi connectivity index (χ3n) is 3.76. The molecule has 0 saturated carbocycles. The molecule has 0 aliphatic carbocycles. The molecule has 21 heavy (non-hydrogen) atoms. The van der Waals surface area contributed by atoms with Crippen LogP contribution < -0.4 is 10.7 Å². The largest absolute Gasteiger partial charge is 0.333 e. The Morgan fingerprint density at radius 2 is 1.81 bits per heavy atom. The van der Waals surface area contributed by atoms with Crippen molar-refractivity contribution >= 4 is 17.4 Å². The first kappa shape index (κ1) is 15.2. The van der Waals surface area contributed by atoms with Gasteiger partial charge in [-0.25, -0.2) is 9.80 Å². The van der Waals surface area contributed by atoms with Gasteiger partial charge in [-0.3, -0.25) is 15.5 Å². The van der Waals surface area contributed by atoms with Gasteiger partial charge in [-0.2, -0.15) is 0 Å². The number of piperidine rings is 1. The van der Waals surface area contributed by atoms with Gasteiger partial charge >= 0.3 is 6.03 Å². The molecule has 0 aromatic heterocycles.